The Labute approximate surface area is 127 Å². The number of benzene rings is 1. The summed E-state index contributed by atoms with van der Waals surface area (Å²) in [4.78, 5) is 12.5. The Kier molecular flexibility index (Phi) is 4.13. The summed E-state index contributed by atoms with van der Waals surface area (Å²) in [5, 5.41) is 13.6. The van der Waals surface area contributed by atoms with Gasteiger partial charge in [-0.15, -0.1) is 0 Å². The minimum atomic E-state index is -0.635. The summed E-state index contributed by atoms with van der Waals surface area (Å²) in [6.07, 6.45) is 2.48. The average molecular weight is 287 g/mol. The Bertz CT molecular complexity index is 616. The standard InChI is InChI=1S/C18H25NO2/c1-6-8-18(5)16(20)15(17(21)19-18)14-12(4)9-11(3)10-13(14)7-2/h9-10,20H,6-8H2,1-5H3,(H,19,21). The highest BCUT2D eigenvalue weighted by atomic mass is 16.3. The Balaban J connectivity index is 2.66. The normalized spacial score (nSPS) is 21.9. The van der Waals surface area contributed by atoms with Crippen molar-refractivity contribution >= 4 is 11.5 Å². The van der Waals surface area contributed by atoms with E-state index in [9.17, 15) is 9.90 Å². The first-order valence-electron chi connectivity index (χ1n) is 7.70. The van der Waals surface area contributed by atoms with Crippen molar-refractivity contribution in [2.45, 2.75) is 59.4 Å². The lowest BCUT2D eigenvalue weighted by atomic mass is 9.88. The molecule has 1 aromatic rings. The van der Waals surface area contributed by atoms with Gasteiger partial charge in [-0.05, 0) is 50.3 Å². The second kappa shape index (κ2) is 5.55. The van der Waals surface area contributed by atoms with Crippen LogP contribution >= 0.6 is 0 Å². The van der Waals surface area contributed by atoms with Crippen molar-refractivity contribution in [3.05, 3.63) is 40.1 Å². The van der Waals surface area contributed by atoms with Crippen molar-refractivity contribution in [3.63, 3.8) is 0 Å². The third-order valence-electron chi connectivity index (χ3n) is 4.32. The Morgan fingerprint density at radius 3 is 2.48 bits per heavy atom. The van der Waals surface area contributed by atoms with Crippen LogP contribution in [0, 0.1) is 13.8 Å². The van der Waals surface area contributed by atoms with Crippen molar-refractivity contribution in [2.75, 3.05) is 0 Å². The molecule has 0 radical (unpaired) electrons. The van der Waals surface area contributed by atoms with Crippen molar-refractivity contribution < 1.29 is 9.90 Å². The topological polar surface area (TPSA) is 49.3 Å². The molecule has 2 N–H and O–H groups in total. The van der Waals surface area contributed by atoms with E-state index < -0.39 is 5.54 Å². The summed E-state index contributed by atoms with van der Waals surface area (Å²) < 4.78 is 0. The van der Waals surface area contributed by atoms with Crippen LogP contribution in [0.4, 0.5) is 0 Å². The molecule has 0 aliphatic carbocycles. The van der Waals surface area contributed by atoms with E-state index in [1.54, 1.807) is 0 Å². The predicted molar refractivity (Wildman–Crippen MR) is 86.3 cm³/mol. The molecule has 0 aromatic heterocycles. The molecule has 1 amide bonds. The van der Waals surface area contributed by atoms with Crippen LogP contribution in [0.3, 0.4) is 0 Å². The second-order valence-corrected chi connectivity index (χ2v) is 6.23. The highest BCUT2D eigenvalue weighted by Gasteiger charge is 2.42. The van der Waals surface area contributed by atoms with Crippen LogP contribution in [0.25, 0.3) is 5.57 Å². The number of hydrogen-bond donors (Lipinski definition) is 2. The third kappa shape index (κ3) is 2.57. The number of nitrogens with one attached hydrogen (secondary N) is 1. The van der Waals surface area contributed by atoms with Gasteiger partial charge in [-0.3, -0.25) is 4.79 Å². The van der Waals surface area contributed by atoms with Gasteiger partial charge in [0, 0.05) is 0 Å². The highest BCUT2D eigenvalue weighted by Crippen LogP contribution is 2.37. The van der Waals surface area contributed by atoms with E-state index in [0.29, 0.717) is 5.57 Å². The number of aliphatic hydroxyl groups is 1. The van der Waals surface area contributed by atoms with Crippen LogP contribution in [0.5, 0.6) is 0 Å². The van der Waals surface area contributed by atoms with Crippen molar-refractivity contribution in [1.82, 2.24) is 5.32 Å². The number of rotatable bonds is 4. The van der Waals surface area contributed by atoms with E-state index in [4.69, 9.17) is 0 Å². The van der Waals surface area contributed by atoms with E-state index in [1.807, 2.05) is 13.8 Å². The average Bonchev–Trinajstić information content (AvgIpc) is 2.61. The lowest BCUT2D eigenvalue weighted by molar-refractivity contribution is -0.116. The summed E-state index contributed by atoms with van der Waals surface area (Å²) in [6, 6.07) is 4.17. The monoisotopic (exact) mass is 287 g/mol. The molecule has 0 spiro atoms. The first-order valence-corrected chi connectivity index (χ1v) is 7.70. The fraction of sp³-hybridized carbons (Fsp3) is 0.500. The number of hydrogen-bond acceptors (Lipinski definition) is 2. The number of carbonyl (C=O) groups is 1. The van der Waals surface area contributed by atoms with E-state index in [0.717, 1.165) is 36.0 Å². The largest absolute Gasteiger partial charge is 0.509 e. The van der Waals surface area contributed by atoms with Crippen LogP contribution < -0.4 is 5.32 Å². The second-order valence-electron chi connectivity index (χ2n) is 6.23. The zero-order valence-electron chi connectivity index (χ0n) is 13.6. The number of aryl methyl sites for hydroxylation is 3. The van der Waals surface area contributed by atoms with Gasteiger partial charge in [-0.25, -0.2) is 0 Å². The Morgan fingerprint density at radius 2 is 1.90 bits per heavy atom. The fourth-order valence-electron chi connectivity index (χ4n) is 3.36. The van der Waals surface area contributed by atoms with Crippen molar-refractivity contribution in [1.29, 1.82) is 0 Å². The minimum absolute atomic E-state index is 0.162. The maximum atomic E-state index is 12.5. The number of amides is 1. The van der Waals surface area contributed by atoms with Gasteiger partial charge < -0.3 is 10.4 Å². The highest BCUT2D eigenvalue weighted by molar-refractivity contribution is 6.23. The number of aliphatic hydroxyl groups excluding tert-OH is 1. The van der Waals surface area contributed by atoms with Gasteiger partial charge in [0.1, 0.15) is 5.76 Å². The molecule has 0 fully saturated rings. The Morgan fingerprint density at radius 1 is 1.24 bits per heavy atom. The lowest BCUT2D eigenvalue weighted by Crippen LogP contribution is -2.41. The number of carbonyl (C=O) groups excluding carboxylic acids is 1. The van der Waals surface area contributed by atoms with Crippen molar-refractivity contribution in [2.24, 2.45) is 0 Å². The SMILES string of the molecule is CCCC1(C)NC(=O)C(c2c(C)cc(C)cc2CC)=C1O. The molecule has 1 atom stereocenters. The maximum absolute atomic E-state index is 12.5. The minimum Gasteiger partial charge on any atom is -0.509 e. The molecule has 21 heavy (non-hydrogen) atoms. The molecule has 0 saturated heterocycles. The van der Waals surface area contributed by atoms with Gasteiger partial charge >= 0.3 is 0 Å². The predicted octanol–water partition coefficient (Wildman–Crippen LogP) is 3.82. The maximum Gasteiger partial charge on any atom is 0.256 e. The molecule has 2 rings (SSSR count). The van der Waals surface area contributed by atoms with Gasteiger partial charge in [-0.2, -0.15) is 0 Å². The summed E-state index contributed by atoms with van der Waals surface area (Å²) >= 11 is 0. The van der Waals surface area contributed by atoms with Crippen LogP contribution in [0.1, 0.15) is 55.9 Å². The van der Waals surface area contributed by atoms with Gasteiger partial charge in [0.15, 0.2) is 0 Å². The molecule has 1 aliphatic rings. The van der Waals surface area contributed by atoms with Gasteiger partial charge in [0.25, 0.3) is 5.91 Å². The van der Waals surface area contributed by atoms with E-state index >= 15 is 0 Å². The first-order chi connectivity index (χ1) is 9.84. The molecule has 1 aliphatic heterocycles. The van der Waals surface area contributed by atoms with Crippen LogP contribution in [-0.4, -0.2) is 16.6 Å². The smallest absolute Gasteiger partial charge is 0.256 e. The summed E-state index contributed by atoms with van der Waals surface area (Å²) in [7, 11) is 0. The van der Waals surface area contributed by atoms with Crippen LogP contribution in [0.15, 0.2) is 17.9 Å². The van der Waals surface area contributed by atoms with Crippen LogP contribution in [-0.2, 0) is 11.2 Å². The summed E-state index contributed by atoms with van der Waals surface area (Å²) in [6.45, 7) is 10.1. The van der Waals surface area contributed by atoms with E-state index in [1.165, 1.54) is 5.56 Å². The van der Waals surface area contributed by atoms with Crippen LogP contribution in [0.2, 0.25) is 0 Å². The molecule has 0 saturated carbocycles. The molecule has 3 heteroatoms. The first kappa shape index (κ1) is 15.6. The molecule has 114 valence electrons. The van der Waals surface area contributed by atoms with E-state index in [2.05, 4.69) is 38.2 Å². The molecule has 3 nitrogen and oxygen atoms in total. The molecular weight excluding hydrogens is 262 g/mol. The zero-order valence-corrected chi connectivity index (χ0v) is 13.6. The lowest BCUT2D eigenvalue weighted by Gasteiger charge is -2.23. The van der Waals surface area contributed by atoms with Crippen molar-refractivity contribution in [3.8, 4) is 0 Å². The molecule has 1 heterocycles. The quantitative estimate of drug-likeness (QED) is 0.884. The molecular formula is C18H25NO2. The van der Waals surface area contributed by atoms with Gasteiger partial charge in [0.2, 0.25) is 0 Å². The molecule has 0 bridgehead atoms. The summed E-state index contributed by atoms with van der Waals surface area (Å²) in [5.74, 6) is 0.0288. The summed E-state index contributed by atoms with van der Waals surface area (Å²) in [5.41, 5.74) is 4.07. The molecule has 1 unspecified atom stereocenters. The zero-order chi connectivity index (χ0) is 15.8. The van der Waals surface area contributed by atoms with Gasteiger partial charge in [-0.1, -0.05) is 38.0 Å². The fourth-order valence-corrected chi connectivity index (χ4v) is 3.36. The molecule has 1 aromatic carbocycles. The Hall–Kier alpha value is -1.77. The third-order valence-corrected chi connectivity index (χ3v) is 4.32. The van der Waals surface area contributed by atoms with E-state index in [-0.39, 0.29) is 11.7 Å². The van der Waals surface area contributed by atoms with Gasteiger partial charge in [0.05, 0.1) is 11.1 Å².